The minimum atomic E-state index is -3.41. The molecule has 0 aliphatic heterocycles. The second-order valence-corrected chi connectivity index (χ2v) is 7.48. The monoisotopic (exact) mass is 298 g/mol. The van der Waals surface area contributed by atoms with Crippen LogP contribution in [0.25, 0.3) is 0 Å². The Balaban J connectivity index is 2.99. The second kappa shape index (κ2) is 7.76. The van der Waals surface area contributed by atoms with Gasteiger partial charge in [-0.15, -0.1) is 0 Å². The Labute approximate surface area is 123 Å². The highest BCUT2D eigenvalue weighted by atomic mass is 32.2. The molecule has 0 saturated heterocycles. The summed E-state index contributed by atoms with van der Waals surface area (Å²) in [5.74, 6) is 0.306. The molecule has 5 heteroatoms. The lowest BCUT2D eigenvalue weighted by Crippen LogP contribution is -2.31. The lowest BCUT2D eigenvalue weighted by atomic mass is 10.2. The SMILES string of the molecule is CCCNCc1ccccc1S(=O)(=O)N(C)CC(C)C. The van der Waals surface area contributed by atoms with Gasteiger partial charge in [0.25, 0.3) is 0 Å². The first-order valence-electron chi connectivity index (χ1n) is 7.14. The molecule has 1 aromatic rings. The summed E-state index contributed by atoms with van der Waals surface area (Å²) in [6.45, 7) is 8.11. The van der Waals surface area contributed by atoms with E-state index >= 15 is 0 Å². The van der Waals surface area contributed by atoms with Crippen LogP contribution in [0.2, 0.25) is 0 Å². The molecule has 1 rings (SSSR count). The Bertz CT molecular complexity index is 512. The minimum Gasteiger partial charge on any atom is -0.313 e. The van der Waals surface area contributed by atoms with Crippen molar-refractivity contribution in [2.45, 2.75) is 38.6 Å². The predicted molar refractivity (Wildman–Crippen MR) is 83.1 cm³/mol. The minimum absolute atomic E-state index is 0.306. The molecule has 0 amide bonds. The third kappa shape index (κ3) is 4.58. The molecule has 1 aromatic carbocycles. The zero-order chi connectivity index (χ0) is 15.2. The van der Waals surface area contributed by atoms with Gasteiger partial charge in [-0.3, -0.25) is 0 Å². The Hall–Kier alpha value is -0.910. The molecule has 0 unspecified atom stereocenters. The summed E-state index contributed by atoms with van der Waals surface area (Å²) in [6, 6.07) is 7.22. The largest absolute Gasteiger partial charge is 0.313 e. The van der Waals surface area contributed by atoms with Gasteiger partial charge in [0, 0.05) is 20.1 Å². The van der Waals surface area contributed by atoms with Crippen LogP contribution >= 0.6 is 0 Å². The van der Waals surface area contributed by atoms with Crippen LogP contribution in [0.5, 0.6) is 0 Å². The Morgan fingerprint density at radius 2 is 1.90 bits per heavy atom. The zero-order valence-electron chi connectivity index (χ0n) is 12.9. The summed E-state index contributed by atoms with van der Waals surface area (Å²) >= 11 is 0. The van der Waals surface area contributed by atoms with Gasteiger partial charge in [-0.25, -0.2) is 12.7 Å². The molecule has 0 aliphatic carbocycles. The number of hydrogen-bond donors (Lipinski definition) is 1. The fourth-order valence-corrected chi connectivity index (χ4v) is 3.63. The fourth-order valence-electron chi connectivity index (χ4n) is 2.08. The van der Waals surface area contributed by atoms with Crippen molar-refractivity contribution in [3.05, 3.63) is 29.8 Å². The van der Waals surface area contributed by atoms with Gasteiger partial charge in [-0.05, 0) is 30.5 Å². The molecular formula is C15H26N2O2S. The number of nitrogens with one attached hydrogen (secondary N) is 1. The van der Waals surface area contributed by atoms with Crippen molar-refractivity contribution in [2.75, 3.05) is 20.1 Å². The van der Waals surface area contributed by atoms with Crippen LogP contribution in [0, 0.1) is 5.92 Å². The maximum atomic E-state index is 12.6. The van der Waals surface area contributed by atoms with Gasteiger partial charge in [0.2, 0.25) is 10.0 Å². The normalized spacial score (nSPS) is 12.3. The smallest absolute Gasteiger partial charge is 0.243 e. The molecule has 20 heavy (non-hydrogen) atoms. The lowest BCUT2D eigenvalue weighted by molar-refractivity contribution is 0.416. The third-order valence-corrected chi connectivity index (χ3v) is 4.95. The van der Waals surface area contributed by atoms with E-state index in [0.29, 0.717) is 23.9 Å². The molecule has 0 aromatic heterocycles. The topological polar surface area (TPSA) is 49.4 Å². The van der Waals surface area contributed by atoms with Crippen LogP contribution in [-0.4, -0.2) is 32.9 Å². The fraction of sp³-hybridized carbons (Fsp3) is 0.600. The van der Waals surface area contributed by atoms with Gasteiger partial charge in [0.1, 0.15) is 0 Å². The molecule has 0 spiro atoms. The van der Waals surface area contributed by atoms with Crippen molar-refractivity contribution in [1.82, 2.24) is 9.62 Å². The highest BCUT2D eigenvalue weighted by Crippen LogP contribution is 2.20. The van der Waals surface area contributed by atoms with Crippen LogP contribution < -0.4 is 5.32 Å². The summed E-state index contributed by atoms with van der Waals surface area (Å²) in [4.78, 5) is 0.409. The number of hydrogen-bond acceptors (Lipinski definition) is 3. The van der Waals surface area contributed by atoms with Gasteiger partial charge in [0.15, 0.2) is 0 Å². The van der Waals surface area contributed by atoms with E-state index in [0.717, 1.165) is 18.5 Å². The maximum Gasteiger partial charge on any atom is 0.243 e. The van der Waals surface area contributed by atoms with Crippen LogP contribution in [0.15, 0.2) is 29.2 Å². The van der Waals surface area contributed by atoms with Crippen molar-refractivity contribution in [1.29, 1.82) is 0 Å². The molecule has 0 aliphatic rings. The highest BCUT2D eigenvalue weighted by Gasteiger charge is 2.23. The van der Waals surface area contributed by atoms with Gasteiger partial charge in [0.05, 0.1) is 4.90 Å². The summed E-state index contributed by atoms with van der Waals surface area (Å²) in [7, 11) is -1.76. The van der Waals surface area contributed by atoms with Crippen molar-refractivity contribution in [2.24, 2.45) is 5.92 Å². The summed E-state index contributed by atoms with van der Waals surface area (Å²) in [6.07, 6.45) is 1.03. The van der Waals surface area contributed by atoms with Crippen LogP contribution in [0.3, 0.4) is 0 Å². The lowest BCUT2D eigenvalue weighted by Gasteiger charge is -2.21. The Kier molecular flexibility index (Phi) is 6.65. The van der Waals surface area contributed by atoms with Crippen LogP contribution in [-0.2, 0) is 16.6 Å². The number of sulfonamides is 1. The van der Waals surface area contributed by atoms with Gasteiger partial charge < -0.3 is 5.32 Å². The van der Waals surface area contributed by atoms with E-state index in [4.69, 9.17) is 0 Å². The van der Waals surface area contributed by atoms with E-state index in [-0.39, 0.29) is 0 Å². The van der Waals surface area contributed by atoms with Gasteiger partial charge in [-0.2, -0.15) is 0 Å². The average Bonchev–Trinajstić information content (AvgIpc) is 2.38. The molecule has 0 fully saturated rings. The summed E-state index contributed by atoms with van der Waals surface area (Å²) in [5.41, 5.74) is 0.830. The molecule has 0 atom stereocenters. The molecule has 4 nitrogen and oxygen atoms in total. The summed E-state index contributed by atoms with van der Waals surface area (Å²) < 4.78 is 26.7. The van der Waals surface area contributed by atoms with Gasteiger partial charge >= 0.3 is 0 Å². The highest BCUT2D eigenvalue weighted by molar-refractivity contribution is 7.89. The van der Waals surface area contributed by atoms with E-state index in [2.05, 4.69) is 12.2 Å². The predicted octanol–water partition coefficient (Wildman–Crippen LogP) is 2.46. The van der Waals surface area contributed by atoms with E-state index < -0.39 is 10.0 Å². The first-order chi connectivity index (χ1) is 9.39. The van der Waals surface area contributed by atoms with E-state index in [1.54, 1.807) is 19.2 Å². The average molecular weight is 298 g/mol. The van der Waals surface area contributed by atoms with Gasteiger partial charge in [-0.1, -0.05) is 39.0 Å². The molecular weight excluding hydrogens is 272 g/mol. The Morgan fingerprint density at radius 1 is 1.25 bits per heavy atom. The molecule has 1 N–H and O–H groups in total. The molecule has 0 bridgehead atoms. The first-order valence-corrected chi connectivity index (χ1v) is 8.58. The number of benzene rings is 1. The Morgan fingerprint density at radius 3 is 2.50 bits per heavy atom. The van der Waals surface area contributed by atoms with Crippen molar-refractivity contribution in [3.63, 3.8) is 0 Å². The number of rotatable bonds is 8. The van der Waals surface area contributed by atoms with E-state index in [1.807, 2.05) is 26.0 Å². The third-order valence-electron chi connectivity index (χ3n) is 3.03. The molecule has 0 radical (unpaired) electrons. The van der Waals surface area contributed by atoms with Crippen LogP contribution in [0.1, 0.15) is 32.8 Å². The van der Waals surface area contributed by atoms with Crippen LogP contribution in [0.4, 0.5) is 0 Å². The number of nitrogens with zero attached hydrogens (tertiary/aromatic N) is 1. The first kappa shape index (κ1) is 17.1. The van der Waals surface area contributed by atoms with Crippen molar-refractivity contribution < 1.29 is 8.42 Å². The molecule has 0 heterocycles. The zero-order valence-corrected chi connectivity index (χ0v) is 13.7. The van der Waals surface area contributed by atoms with E-state index in [9.17, 15) is 8.42 Å². The maximum absolute atomic E-state index is 12.6. The second-order valence-electron chi connectivity index (χ2n) is 5.46. The molecule has 114 valence electrons. The van der Waals surface area contributed by atoms with Crippen molar-refractivity contribution >= 4 is 10.0 Å². The summed E-state index contributed by atoms with van der Waals surface area (Å²) in [5, 5.41) is 3.26. The quantitative estimate of drug-likeness (QED) is 0.750. The van der Waals surface area contributed by atoms with E-state index in [1.165, 1.54) is 4.31 Å². The molecule has 0 saturated carbocycles. The van der Waals surface area contributed by atoms with Crippen molar-refractivity contribution in [3.8, 4) is 0 Å². The standard InChI is InChI=1S/C15H26N2O2S/c1-5-10-16-11-14-8-6-7-9-15(14)20(18,19)17(4)12-13(2)3/h6-9,13,16H,5,10-12H2,1-4H3.